The molecule has 2 aromatic heterocycles. The smallest absolute Gasteiger partial charge is 0.287 e. The molecule has 0 bridgehead atoms. The second-order valence-corrected chi connectivity index (χ2v) is 5.41. The molecule has 1 aromatic carbocycles. The molecule has 3 aromatic rings. The number of rotatable bonds is 5. The van der Waals surface area contributed by atoms with Crippen LogP contribution < -0.4 is 5.56 Å². The highest BCUT2D eigenvalue weighted by Crippen LogP contribution is 2.18. The maximum atomic E-state index is 14.0. The van der Waals surface area contributed by atoms with Crippen molar-refractivity contribution in [3.63, 3.8) is 0 Å². The minimum absolute atomic E-state index is 0.00461. The Morgan fingerprint density at radius 1 is 1.30 bits per heavy atom. The third kappa shape index (κ3) is 3.64. The Morgan fingerprint density at radius 3 is 2.74 bits per heavy atom. The summed E-state index contributed by atoms with van der Waals surface area (Å²) < 4.78 is 41.7. The van der Waals surface area contributed by atoms with Gasteiger partial charge in [-0.25, -0.2) is 13.8 Å². The first kappa shape index (κ1) is 18.1. The molecule has 138 valence electrons. The van der Waals surface area contributed by atoms with E-state index in [1.807, 2.05) is 0 Å². The maximum Gasteiger partial charge on any atom is 0.287 e. The minimum atomic E-state index is -1.07. The summed E-state index contributed by atoms with van der Waals surface area (Å²) >= 11 is 0. The first-order valence-electron chi connectivity index (χ1n) is 7.54. The van der Waals surface area contributed by atoms with Crippen LogP contribution in [0, 0.1) is 17.5 Å². The third-order valence-corrected chi connectivity index (χ3v) is 3.67. The predicted molar refractivity (Wildman–Crippen MR) is 90.0 cm³/mol. The van der Waals surface area contributed by atoms with Gasteiger partial charge in [0.15, 0.2) is 5.82 Å². The van der Waals surface area contributed by atoms with E-state index in [9.17, 15) is 18.0 Å². The molecule has 0 atom stereocenters. The van der Waals surface area contributed by atoms with Gasteiger partial charge in [0.25, 0.3) is 5.56 Å². The molecule has 0 aliphatic carbocycles. The molecule has 2 heterocycles. The lowest BCUT2D eigenvalue weighted by Gasteiger charge is -2.08. The Balaban J connectivity index is 2.12. The van der Waals surface area contributed by atoms with Crippen molar-refractivity contribution in [3.05, 3.63) is 82.2 Å². The molecule has 7 nitrogen and oxygen atoms in total. The van der Waals surface area contributed by atoms with Crippen molar-refractivity contribution in [1.82, 2.24) is 19.7 Å². The summed E-state index contributed by atoms with van der Waals surface area (Å²) in [5, 5.41) is 16.4. The van der Waals surface area contributed by atoms with Crippen molar-refractivity contribution in [2.24, 2.45) is 5.16 Å². The number of benzene rings is 1. The highest BCUT2D eigenvalue weighted by Gasteiger charge is 2.17. The van der Waals surface area contributed by atoms with E-state index < -0.39 is 23.0 Å². The monoisotopic (exact) mass is 375 g/mol. The lowest BCUT2D eigenvalue weighted by atomic mass is 10.2. The molecular weight excluding hydrogens is 363 g/mol. The summed E-state index contributed by atoms with van der Waals surface area (Å²) in [7, 11) is 0. The standard InChI is InChI=1S/C17H12F3N5O2/c1-2-13(24-27)15-6-14(16-21-7-12(20)17(26)22-16)23-25(15)8-9-5-10(18)3-4-11(9)19/h2-7,27H,1,8H2,(H,21,22,26)/b24-13+. The quantitative estimate of drug-likeness (QED) is 0.407. The molecule has 0 saturated carbocycles. The van der Waals surface area contributed by atoms with Gasteiger partial charge in [0.2, 0.25) is 5.82 Å². The van der Waals surface area contributed by atoms with E-state index >= 15 is 0 Å². The van der Waals surface area contributed by atoms with E-state index in [2.05, 4.69) is 26.8 Å². The van der Waals surface area contributed by atoms with Gasteiger partial charge in [-0.05, 0) is 30.3 Å². The number of hydrogen-bond acceptors (Lipinski definition) is 5. The van der Waals surface area contributed by atoms with Crippen LogP contribution in [0.2, 0.25) is 0 Å². The number of hydrogen-bond donors (Lipinski definition) is 2. The molecule has 10 heteroatoms. The second-order valence-electron chi connectivity index (χ2n) is 5.41. The van der Waals surface area contributed by atoms with E-state index in [4.69, 9.17) is 5.21 Å². The summed E-state index contributed by atoms with van der Waals surface area (Å²) in [6, 6.07) is 4.33. The Labute approximate surface area is 150 Å². The molecular formula is C17H12F3N5O2. The van der Waals surface area contributed by atoms with Crippen LogP contribution in [-0.2, 0) is 6.54 Å². The van der Waals surface area contributed by atoms with Crippen molar-refractivity contribution < 1.29 is 18.4 Å². The van der Waals surface area contributed by atoms with Crippen LogP contribution in [0.4, 0.5) is 13.2 Å². The lowest BCUT2D eigenvalue weighted by Crippen LogP contribution is -2.13. The minimum Gasteiger partial charge on any atom is -0.410 e. The Bertz CT molecular complexity index is 1100. The van der Waals surface area contributed by atoms with Crippen molar-refractivity contribution in [2.45, 2.75) is 6.54 Å². The van der Waals surface area contributed by atoms with Gasteiger partial charge in [-0.1, -0.05) is 11.7 Å². The number of nitrogens with zero attached hydrogens (tertiary/aromatic N) is 4. The van der Waals surface area contributed by atoms with Crippen molar-refractivity contribution in [1.29, 1.82) is 0 Å². The van der Waals surface area contributed by atoms with E-state index in [0.29, 0.717) is 0 Å². The molecule has 0 amide bonds. The van der Waals surface area contributed by atoms with Crippen LogP contribution in [0.15, 0.2) is 53.1 Å². The van der Waals surface area contributed by atoms with Crippen molar-refractivity contribution >= 4 is 5.71 Å². The van der Waals surface area contributed by atoms with Gasteiger partial charge in [-0.15, -0.1) is 0 Å². The van der Waals surface area contributed by atoms with Gasteiger partial charge >= 0.3 is 0 Å². The molecule has 0 radical (unpaired) electrons. The van der Waals surface area contributed by atoms with Crippen LogP contribution in [0.5, 0.6) is 0 Å². The summed E-state index contributed by atoms with van der Waals surface area (Å²) in [4.78, 5) is 17.4. The number of oxime groups is 1. The third-order valence-electron chi connectivity index (χ3n) is 3.67. The molecule has 0 aliphatic rings. The second kappa shape index (κ2) is 7.28. The summed E-state index contributed by atoms with van der Waals surface area (Å²) in [5.41, 5.74) is -0.713. The van der Waals surface area contributed by atoms with Gasteiger partial charge < -0.3 is 10.2 Å². The SMILES string of the molecule is C=C/C(=N\O)c1cc(-c2ncc(F)c(=O)[nH]2)nn1Cc1cc(F)ccc1F. The number of aromatic amines is 1. The van der Waals surface area contributed by atoms with Crippen molar-refractivity contribution in [2.75, 3.05) is 0 Å². The van der Waals surface area contributed by atoms with E-state index in [1.165, 1.54) is 16.8 Å². The summed E-state index contributed by atoms with van der Waals surface area (Å²) in [6.07, 6.45) is 1.95. The Morgan fingerprint density at radius 2 is 2.07 bits per heavy atom. The highest BCUT2D eigenvalue weighted by molar-refractivity contribution is 6.07. The van der Waals surface area contributed by atoms with Crippen molar-refractivity contribution in [3.8, 4) is 11.5 Å². The molecule has 0 unspecified atom stereocenters. The molecule has 2 N–H and O–H groups in total. The zero-order valence-corrected chi connectivity index (χ0v) is 13.7. The van der Waals surface area contributed by atoms with Gasteiger partial charge in [0.05, 0.1) is 18.4 Å². The van der Waals surface area contributed by atoms with E-state index in [0.717, 1.165) is 24.4 Å². The predicted octanol–water partition coefficient (Wildman–Crippen LogP) is 2.46. The lowest BCUT2D eigenvalue weighted by molar-refractivity contribution is 0.319. The highest BCUT2D eigenvalue weighted by atomic mass is 19.1. The fourth-order valence-electron chi connectivity index (χ4n) is 2.39. The zero-order chi connectivity index (χ0) is 19.6. The molecule has 3 rings (SSSR count). The largest absolute Gasteiger partial charge is 0.410 e. The number of nitrogens with one attached hydrogen (secondary N) is 1. The molecule has 0 fully saturated rings. The van der Waals surface area contributed by atoms with E-state index in [1.54, 1.807) is 0 Å². The van der Waals surface area contributed by atoms with Crippen LogP contribution in [-0.4, -0.2) is 30.7 Å². The average Bonchev–Trinajstić information content (AvgIpc) is 3.05. The summed E-state index contributed by atoms with van der Waals surface area (Å²) in [6.45, 7) is 3.30. The van der Waals surface area contributed by atoms with Crippen LogP contribution in [0.3, 0.4) is 0 Å². The molecule has 27 heavy (non-hydrogen) atoms. The Hall–Kier alpha value is -3.69. The first-order valence-corrected chi connectivity index (χ1v) is 7.54. The topological polar surface area (TPSA) is 96.2 Å². The first-order chi connectivity index (χ1) is 12.9. The van der Waals surface area contributed by atoms with Gasteiger partial charge in [-0.2, -0.15) is 9.49 Å². The fourth-order valence-corrected chi connectivity index (χ4v) is 2.39. The normalized spacial score (nSPS) is 11.6. The van der Waals surface area contributed by atoms with Crippen LogP contribution >= 0.6 is 0 Å². The number of H-pyrrole nitrogens is 1. The fraction of sp³-hybridized carbons (Fsp3) is 0.0588. The number of allylic oxidation sites excluding steroid dienone is 1. The van der Waals surface area contributed by atoms with Crippen LogP contribution in [0.1, 0.15) is 11.3 Å². The van der Waals surface area contributed by atoms with Gasteiger partial charge in [-0.3, -0.25) is 9.48 Å². The van der Waals surface area contributed by atoms with Crippen LogP contribution in [0.25, 0.3) is 11.5 Å². The number of aromatic nitrogens is 4. The van der Waals surface area contributed by atoms with Gasteiger partial charge in [0.1, 0.15) is 23.0 Å². The number of halogens is 3. The molecule has 0 saturated heterocycles. The molecule has 0 aliphatic heterocycles. The van der Waals surface area contributed by atoms with Gasteiger partial charge in [0, 0.05) is 5.56 Å². The molecule has 0 spiro atoms. The maximum absolute atomic E-state index is 14.0. The average molecular weight is 375 g/mol. The van der Waals surface area contributed by atoms with E-state index in [-0.39, 0.29) is 35.0 Å². The Kier molecular flexibility index (Phi) is 4.88. The summed E-state index contributed by atoms with van der Waals surface area (Å²) in [5.74, 6) is -2.41. The zero-order valence-electron chi connectivity index (χ0n) is 13.7.